The van der Waals surface area contributed by atoms with E-state index in [-0.39, 0.29) is 11.1 Å². The molecule has 0 aliphatic carbocycles. The number of hydrogen-bond acceptors (Lipinski definition) is 5. The number of nitrogens with zero attached hydrogens (tertiary/aromatic N) is 4. The molecule has 3 heterocycles. The fourth-order valence-electron chi connectivity index (χ4n) is 4.74. The summed E-state index contributed by atoms with van der Waals surface area (Å²) in [4.78, 5) is 17.9. The maximum atomic E-state index is 14.5. The predicted octanol–water partition coefficient (Wildman–Crippen LogP) is 8.58. The Hall–Kier alpha value is -4.26. The van der Waals surface area contributed by atoms with Gasteiger partial charge in [-0.2, -0.15) is 9.97 Å². The van der Waals surface area contributed by atoms with Gasteiger partial charge in [-0.05, 0) is 58.3 Å². The Balaban J connectivity index is 1.42. The highest BCUT2D eigenvalue weighted by Gasteiger charge is 2.17. The van der Waals surface area contributed by atoms with E-state index in [4.69, 9.17) is 16.6 Å². The van der Waals surface area contributed by atoms with E-state index in [2.05, 4.69) is 45.3 Å². The largest absolute Gasteiger partial charge is 0.264 e. The van der Waals surface area contributed by atoms with Crippen LogP contribution in [0, 0.1) is 5.82 Å². The molecule has 0 saturated heterocycles. The van der Waals surface area contributed by atoms with Gasteiger partial charge in [0.25, 0.3) is 0 Å². The van der Waals surface area contributed by atoms with Crippen LogP contribution in [-0.2, 0) is 0 Å². The van der Waals surface area contributed by atoms with Crippen molar-refractivity contribution in [1.82, 2.24) is 19.9 Å². The molecule has 7 aromatic rings. The van der Waals surface area contributed by atoms with Gasteiger partial charge < -0.3 is 0 Å². The first-order valence-corrected chi connectivity index (χ1v) is 12.8. The number of thiophene rings is 1. The molecule has 176 valence electrons. The van der Waals surface area contributed by atoms with Crippen LogP contribution in [-0.4, -0.2) is 19.9 Å². The second kappa shape index (κ2) is 8.69. The van der Waals surface area contributed by atoms with E-state index in [0.29, 0.717) is 17.2 Å². The first-order chi connectivity index (χ1) is 18.1. The molecule has 7 rings (SSSR count). The predicted molar refractivity (Wildman–Crippen MR) is 149 cm³/mol. The van der Waals surface area contributed by atoms with Crippen LogP contribution in [0.3, 0.4) is 0 Å². The van der Waals surface area contributed by atoms with Gasteiger partial charge in [0.1, 0.15) is 5.82 Å². The first-order valence-electron chi connectivity index (χ1n) is 11.6. The summed E-state index contributed by atoms with van der Waals surface area (Å²) >= 11 is 8.08. The number of hydrogen-bond donors (Lipinski definition) is 0. The van der Waals surface area contributed by atoms with Crippen molar-refractivity contribution in [3.8, 4) is 33.9 Å². The third-order valence-electron chi connectivity index (χ3n) is 6.41. The fourth-order valence-corrected chi connectivity index (χ4v) is 6.15. The Labute approximate surface area is 220 Å². The van der Waals surface area contributed by atoms with Gasteiger partial charge in [0.2, 0.25) is 5.28 Å². The van der Waals surface area contributed by atoms with Gasteiger partial charge in [-0.3, -0.25) is 4.98 Å². The summed E-state index contributed by atoms with van der Waals surface area (Å²) in [7, 11) is 0. The van der Waals surface area contributed by atoms with E-state index >= 15 is 0 Å². The minimum atomic E-state index is -0.359. The number of rotatable bonds is 3. The van der Waals surface area contributed by atoms with E-state index in [1.165, 1.54) is 12.1 Å². The standard InChI is InChI=1S/C30H16ClFN4S/c31-30-35-28(34-29(36-30)25-15-20(32)13-18-5-1-2-7-21(18)25)24-9-3-8-23-22-11-10-17(14-26(22)37-27(23)24)19-6-4-12-33-16-19/h1-16H. The molecule has 4 aromatic carbocycles. The zero-order chi connectivity index (χ0) is 24.9. The molecule has 0 spiro atoms. The molecule has 4 nitrogen and oxygen atoms in total. The summed E-state index contributed by atoms with van der Waals surface area (Å²) in [5.74, 6) is 0.429. The molecule has 0 N–H and O–H groups in total. The molecule has 3 aromatic heterocycles. The summed E-state index contributed by atoms with van der Waals surface area (Å²) in [6.45, 7) is 0. The Morgan fingerprint density at radius 1 is 0.676 bits per heavy atom. The van der Waals surface area contributed by atoms with Crippen LogP contribution in [0.5, 0.6) is 0 Å². The molecule has 0 aliphatic rings. The van der Waals surface area contributed by atoms with Gasteiger partial charge in [-0.25, -0.2) is 9.37 Å². The topological polar surface area (TPSA) is 51.6 Å². The van der Waals surface area contributed by atoms with Crippen molar-refractivity contribution in [3.63, 3.8) is 0 Å². The molecule has 0 saturated carbocycles. The number of pyridine rings is 1. The average Bonchev–Trinajstić information content (AvgIpc) is 3.31. The Bertz CT molecular complexity index is 1970. The van der Waals surface area contributed by atoms with Gasteiger partial charge in [0, 0.05) is 49.3 Å². The SMILES string of the molecule is Fc1cc(-c2nc(Cl)nc(-c3cccc4c3sc3cc(-c5cccnc5)ccc34)n2)c2ccccc2c1. The summed E-state index contributed by atoms with van der Waals surface area (Å²) in [5.41, 5.74) is 3.61. The highest BCUT2D eigenvalue weighted by atomic mass is 35.5. The summed E-state index contributed by atoms with van der Waals surface area (Å²) in [6.07, 6.45) is 3.64. The number of aromatic nitrogens is 4. The van der Waals surface area contributed by atoms with Gasteiger partial charge in [0.15, 0.2) is 11.6 Å². The third-order valence-corrected chi connectivity index (χ3v) is 7.78. The number of fused-ring (bicyclic) bond motifs is 4. The Morgan fingerprint density at radius 2 is 1.51 bits per heavy atom. The quantitative estimate of drug-likeness (QED) is 0.235. The van der Waals surface area contributed by atoms with Crippen molar-refractivity contribution < 1.29 is 4.39 Å². The summed E-state index contributed by atoms with van der Waals surface area (Å²) < 4.78 is 16.7. The molecule has 0 amide bonds. The lowest BCUT2D eigenvalue weighted by atomic mass is 10.0. The van der Waals surface area contributed by atoms with Gasteiger partial charge >= 0.3 is 0 Å². The zero-order valence-electron chi connectivity index (χ0n) is 19.2. The highest BCUT2D eigenvalue weighted by Crippen LogP contribution is 2.41. The van der Waals surface area contributed by atoms with Gasteiger partial charge in [-0.15, -0.1) is 11.3 Å². The minimum absolute atomic E-state index is 0.0605. The van der Waals surface area contributed by atoms with Gasteiger partial charge in [-0.1, -0.05) is 54.6 Å². The molecule has 0 fully saturated rings. The van der Waals surface area contributed by atoms with Crippen LogP contribution >= 0.6 is 22.9 Å². The van der Waals surface area contributed by atoms with Crippen LogP contribution < -0.4 is 0 Å². The van der Waals surface area contributed by atoms with Crippen LogP contribution in [0.2, 0.25) is 5.28 Å². The zero-order valence-corrected chi connectivity index (χ0v) is 20.8. The van der Waals surface area contributed by atoms with E-state index < -0.39 is 0 Å². The first kappa shape index (κ1) is 22.0. The summed E-state index contributed by atoms with van der Waals surface area (Å²) in [6, 6.07) is 27.0. The maximum absolute atomic E-state index is 14.5. The second-order valence-corrected chi connectivity index (χ2v) is 10.1. The normalized spacial score (nSPS) is 11.5. The third kappa shape index (κ3) is 3.82. The molecule has 0 aliphatic heterocycles. The second-order valence-electron chi connectivity index (χ2n) is 8.66. The monoisotopic (exact) mass is 518 g/mol. The molecule has 0 radical (unpaired) electrons. The lowest BCUT2D eigenvalue weighted by molar-refractivity contribution is 0.630. The van der Waals surface area contributed by atoms with Crippen molar-refractivity contribution >= 4 is 53.9 Å². The molecular weight excluding hydrogens is 503 g/mol. The van der Waals surface area contributed by atoms with Crippen LogP contribution in [0.1, 0.15) is 0 Å². The van der Waals surface area contributed by atoms with Crippen LogP contribution in [0.15, 0.2) is 97.3 Å². The van der Waals surface area contributed by atoms with E-state index in [0.717, 1.165) is 47.6 Å². The fraction of sp³-hybridized carbons (Fsp3) is 0. The molecule has 37 heavy (non-hydrogen) atoms. The summed E-state index contributed by atoms with van der Waals surface area (Å²) in [5, 5.41) is 3.95. The van der Waals surface area contributed by atoms with Crippen molar-refractivity contribution in [2.24, 2.45) is 0 Å². The molecule has 0 unspecified atom stereocenters. The number of benzene rings is 4. The van der Waals surface area contributed by atoms with Crippen LogP contribution in [0.4, 0.5) is 4.39 Å². The average molecular weight is 519 g/mol. The van der Waals surface area contributed by atoms with Crippen molar-refractivity contribution in [2.45, 2.75) is 0 Å². The highest BCUT2D eigenvalue weighted by molar-refractivity contribution is 7.26. The molecule has 0 bridgehead atoms. The van der Waals surface area contributed by atoms with E-state index in [9.17, 15) is 4.39 Å². The van der Waals surface area contributed by atoms with Crippen LogP contribution in [0.25, 0.3) is 64.8 Å². The smallest absolute Gasteiger partial charge is 0.226 e. The molecule has 7 heteroatoms. The number of halogens is 2. The molecular formula is C30H16ClFN4S. The van der Waals surface area contributed by atoms with Crippen molar-refractivity contribution in [1.29, 1.82) is 0 Å². The van der Waals surface area contributed by atoms with Crippen molar-refractivity contribution in [3.05, 3.63) is 108 Å². The maximum Gasteiger partial charge on any atom is 0.226 e. The van der Waals surface area contributed by atoms with Crippen molar-refractivity contribution in [2.75, 3.05) is 0 Å². The molecule has 0 atom stereocenters. The lowest BCUT2D eigenvalue weighted by Gasteiger charge is -2.09. The Kier molecular flexibility index (Phi) is 5.16. The minimum Gasteiger partial charge on any atom is -0.264 e. The Morgan fingerprint density at radius 3 is 2.38 bits per heavy atom. The van der Waals surface area contributed by atoms with E-state index in [1.54, 1.807) is 17.5 Å². The van der Waals surface area contributed by atoms with Gasteiger partial charge in [0.05, 0.1) is 0 Å². The van der Waals surface area contributed by atoms with E-state index in [1.807, 2.05) is 48.7 Å². The lowest BCUT2D eigenvalue weighted by Crippen LogP contribution is -1.98.